The zero-order valence-corrected chi connectivity index (χ0v) is 34.0. The number of rotatable bonds is 1. The average Bonchev–Trinajstić information content (AvgIpc) is 3.81. The molecule has 55 heavy (non-hydrogen) atoms. The molecule has 0 spiro atoms. The monoisotopic (exact) mass is 732 g/mol. The molecule has 6 aromatic carbocycles. The van der Waals surface area contributed by atoms with E-state index in [2.05, 4.69) is 181 Å². The van der Waals surface area contributed by atoms with Crippen LogP contribution in [0.4, 0.5) is 17.1 Å². The van der Waals surface area contributed by atoms with Crippen LogP contribution in [-0.4, -0.2) is 11.3 Å². The highest BCUT2D eigenvalue weighted by atomic mass is 32.1. The summed E-state index contributed by atoms with van der Waals surface area (Å²) in [6, 6.07) is 41.8. The van der Waals surface area contributed by atoms with Crippen molar-refractivity contribution in [2.45, 2.75) is 78.6 Å². The molecule has 0 aliphatic carbocycles. The minimum Gasteiger partial charge on any atom is -0.454 e. The fourth-order valence-electron chi connectivity index (χ4n) is 9.49. The quantitative estimate of drug-likeness (QED) is 0.157. The molecule has 0 fully saturated rings. The second kappa shape index (κ2) is 10.7. The summed E-state index contributed by atoms with van der Waals surface area (Å²) in [4.78, 5) is 3.88. The molecule has 0 amide bonds. The topological polar surface area (TPSA) is 21.3 Å². The van der Waals surface area contributed by atoms with Crippen LogP contribution in [0.3, 0.4) is 0 Å². The van der Waals surface area contributed by atoms with E-state index in [0.29, 0.717) is 0 Å². The molecular formula is C50H45BN2OS. The smallest absolute Gasteiger partial charge is 0.252 e. The maximum atomic E-state index is 7.03. The molecule has 0 saturated heterocycles. The Balaban J connectivity index is 1.30. The Morgan fingerprint density at radius 1 is 0.527 bits per heavy atom. The predicted molar refractivity (Wildman–Crippen MR) is 239 cm³/mol. The minimum absolute atomic E-state index is 0.0205. The van der Waals surface area contributed by atoms with E-state index in [4.69, 9.17) is 4.42 Å². The third kappa shape index (κ3) is 4.51. The van der Waals surface area contributed by atoms with Crippen molar-refractivity contribution < 1.29 is 4.42 Å². The largest absolute Gasteiger partial charge is 0.454 e. The van der Waals surface area contributed by atoms with Gasteiger partial charge in [-0.1, -0.05) is 135 Å². The van der Waals surface area contributed by atoms with Gasteiger partial charge < -0.3 is 13.9 Å². The molecule has 9 aromatic rings. The lowest BCUT2D eigenvalue weighted by Crippen LogP contribution is -2.60. The lowest BCUT2D eigenvalue weighted by atomic mass is 9.33. The summed E-state index contributed by atoms with van der Waals surface area (Å²) in [5, 5.41) is 6.36. The van der Waals surface area contributed by atoms with Gasteiger partial charge in [-0.3, -0.25) is 0 Å². The number of furan rings is 1. The van der Waals surface area contributed by atoms with Gasteiger partial charge in [0.15, 0.2) is 5.58 Å². The van der Waals surface area contributed by atoms with Crippen molar-refractivity contribution in [3.63, 3.8) is 0 Å². The van der Waals surface area contributed by atoms with Gasteiger partial charge in [0.1, 0.15) is 10.4 Å². The Labute approximate surface area is 327 Å². The Bertz CT molecular complexity index is 3120. The van der Waals surface area contributed by atoms with Gasteiger partial charge in [-0.25, -0.2) is 0 Å². The van der Waals surface area contributed by atoms with E-state index in [1.54, 1.807) is 0 Å². The van der Waals surface area contributed by atoms with E-state index < -0.39 is 0 Å². The Morgan fingerprint density at radius 3 is 1.96 bits per heavy atom. The first kappa shape index (κ1) is 33.1. The predicted octanol–water partition coefficient (Wildman–Crippen LogP) is 12.4. The molecule has 0 saturated carbocycles. The lowest BCUT2D eigenvalue weighted by molar-refractivity contribution is 0.587. The van der Waals surface area contributed by atoms with Crippen LogP contribution in [0.5, 0.6) is 0 Å². The third-order valence-corrected chi connectivity index (χ3v) is 13.6. The van der Waals surface area contributed by atoms with Crippen molar-refractivity contribution in [3.8, 4) is 5.69 Å². The molecule has 5 heteroatoms. The van der Waals surface area contributed by atoms with Gasteiger partial charge in [-0.15, -0.1) is 11.3 Å². The van der Waals surface area contributed by atoms with Gasteiger partial charge in [0.25, 0.3) is 6.71 Å². The number of hydrogen-bond acceptors (Lipinski definition) is 3. The zero-order chi connectivity index (χ0) is 37.9. The van der Waals surface area contributed by atoms with E-state index in [9.17, 15) is 0 Å². The van der Waals surface area contributed by atoms with Crippen LogP contribution in [0, 0.1) is 0 Å². The maximum absolute atomic E-state index is 7.03. The Hall–Kier alpha value is -5.26. The number of benzene rings is 6. The molecule has 2 aliphatic rings. The van der Waals surface area contributed by atoms with E-state index in [1.165, 1.54) is 81.3 Å². The van der Waals surface area contributed by atoms with Crippen LogP contribution in [0.15, 0.2) is 114 Å². The average molecular weight is 733 g/mol. The minimum atomic E-state index is -0.0858. The normalized spacial score (nSPS) is 14.2. The van der Waals surface area contributed by atoms with Gasteiger partial charge >= 0.3 is 0 Å². The van der Waals surface area contributed by atoms with Gasteiger partial charge in [0.2, 0.25) is 0 Å². The van der Waals surface area contributed by atoms with Crippen molar-refractivity contribution in [1.82, 2.24) is 4.57 Å². The molecule has 11 rings (SSSR count). The highest BCUT2D eigenvalue weighted by molar-refractivity contribution is 7.26. The van der Waals surface area contributed by atoms with E-state index in [1.807, 2.05) is 11.3 Å². The van der Waals surface area contributed by atoms with Crippen LogP contribution in [0.1, 0.15) is 79.0 Å². The van der Waals surface area contributed by atoms with Crippen molar-refractivity contribution >= 4 is 105 Å². The van der Waals surface area contributed by atoms with Crippen LogP contribution in [0.25, 0.3) is 58.8 Å². The Morgan fingerprint density at radius 2 is 1.18 bits per heavy atom. The molecule has 0 bridgehead atoms. The molecular weight excluding hydrogens is 687 g/mol. The molecule has 3 aromatic heterocycles. The third-order valence-electron chi connectivity index (χ3n) is 12.5. The SMILES string of the molecule is CC(C)(C)c1ccc2c(c1)N(c1cccc3c1oc1cc(C(C)(C)C)ccc13)c1cc(C(C)(C)C)cc3c1B2c1cccc2c4c5ccccc5sc4n-3c12. The number of hydrogen-bond donors (Lipinski definition) is 0. The number of thiophene rings is 1. The zero-order valence-electron chi connectivity index (χ0n) is 33.2. The fraction of sp³-hybridized carbons (Fsp3) is 0.240. The Kier molecular flexibility index (Phi) is 6.46. The number of para-hydroxylation sites is 2. The number of anilines is 3. The summed E-state index contributed by atoms with van der Waals surface area (Å²) in [7, 11) is 0. The van der Waals surface area contributed by atoms with Gasteiger partial charge in [-0.05, 0) is 85.7 Å². The molecule has 0 radical (unpaired) electrons. The van der Waals surface area contributed by atoms with Crippen LogP contribution in [-0.2, 0) is 16.2 Å². The van der Waals surface area contributed by atoms with E-state index >= 15 is 0 Å². The second-order valence-corrected chi connectivity index (χ2v) is 20.1. The first-order chi connectivity index (χ1) is 26.2. The number of nitrogens with zero attached hydrogens (tertiary/aromatic N) is 2. The fourth-order valence-corrected chi connectivity index (χ4v) is 10.7. The van der Waals surface area contributed by atoms with Crippen molar-refractivity contribution in [1.29, 1.82) is 0 Å². The number of aromatic nitrogens is 1. The molecule has 270 valence electrons. The van der Waals surface area contributed by atoms with Gasteiger partial charge in [-0.2, -0.15) is 0 Å². The van der Waals surface area contributed by atoms with Crippen molar-refractivity contribution in [2.75, 3.05) is 4.90 Å². The first-order valence-corrected chi connectivity index (χ1v) is 20.5. The second-order valence-electron chi connectivity index (χ2n) is 19.0. The molecule has 3 nitrogen and oxygen atoms in total. The standard InChI is InChI=1S/C50H45BN2OS/c1-48(2,3)28-21-23-35-38(24-28)52(37-18-13-15-32-31-22-20-29(49(4,5)6)27-41(31)54-46(32)37)39-25-30(50(7,8)9)26-40-44(39)51(35)36-17-12-16-34-43-33-14-10-11-19-42(33)55-47(43)53(40)45(34)36/h10-27H,1-9H3. The summed E-state index contributed by atoms with van der Waals surface area (Å²) in [5.41, 5.74) is 15.9. The van der Waals surface area contributed by atoms with Gasteiger partial charge in [0.05, 0.1) is 11.2 Å². The van der Waals surface area contributed by atoms with Crippen molar-refractivity contribution in [3.05, 3.63) is 126 Å². The van der Waals surface area contributed by atoms with E-state index in [-0.39, 0.29) is 23.0 Å². The summed E-state index contributed by atoms with van der Waals surface area (Å²) in [5.74, 6) is 0. The summed E-state index contributed by atoms with van der Waals surface area (Å²) in [6.45, 7) is 20.9. The van der Waals surface area contributed by atoms with Crippen LogP contribution in [0.2, 0.25) is 0 Å². The molecule has 2 aliphatic heterocycles. The highest BCUT2D eigenvalue weighted by Gasteiger charge is 2.44. The molecule has 5 heterocycles. The molecule has 0 atom stereocenters. The summed E-state index contributed by atoms with van der Waals surface area (Å²) in [6.07, 6.45) is 0. The van der Waals surface area contributed by atoms with E-state index in [0.717, 1.165) is 27.6 Å². The van der Waals surface area contributed by atoms with Crippen LogP contribution >= 0.6 is 11.3 Å². The van der Waals surface area contributed by atoms with Crippen LogP contribution < -0.4 is 21.3 Å². The molecule has 0 unspecified atom stereocenters. The summed E-state index contributed by atoms with van der Waals surface area (Å²) < 4.78 is 11.0. The van der Waals surface area contributed by atoms with Crippen molar-refractivity contribution in [2.24, 2.45) is 0 Å². The highest BCUT2D eigenvalue weighted by Crippen LogP contribution is 2.49. The number of fused-ring (bicyclic) bond motifs is 12. The molecule has 0 N–H and O–H groups in total. The lowest BCUT2D eigenvalue weighted by Gasteiger charge is -2.42. The first-order valence-electron chi connectivity index (χ1n) is 19.7. The maximum Gasteiger partial charge on any atom is 0.252 e. The van der Waals surface area contributed by atoms with Gasteiger partial charge in [0, 0.05) is 48.7 Å². The summed E-state index contributed by atoms with van der Waals surface area (Å²) >= 11 is 1.92.